The summed E-state index contributed by atoms with van der Waals surface area (Å²) in [4.78, 5) is 16.6. The van der Waals surface area contributed by atoms with E-state index >= 15 is 0 Å². The third-order valence-electron chi connectivity index (χ3n) is 9.30. The van der Waals surface area contributed by atoms with Gasteiger partial charge in [0.1, 0.15) is 6.79 Å². The maximum atomic E-state index is 8.58. The summed E-state index contributed by atoms with van der Waals surface area (Å²) in [5.41, 5.74) is 9.78. The Balaban J connectivity index is -0.000000326. The number of carbonyl (C=O) groups excluding carboxylic acids is 2. The number of unbranched alkanes of at least 4 members (excludes halogenated alkanes) is 22. The van der Waals surface area contributed by atoms with Gasteiger partial charge in [-0.15, -0.1) is 0 Å². The van der Waals surface area contributed by atoms with Crippen LogP contribution in [-0.4, -0.2) is 121 Å². The molecule has 0 aliphatic heterocycles. The quantitative estimate of drug-likeness (QED) is 0.0338. The molecule has 1 unspecified atom stereocenters. The molecule has 0 aromatic rings. The number of ether oxygens (including phenoxy) is 6. The Kier molecular flexibility index (Phi) is 72.8. The number of hydrogen-bond donors (Lipinski definition) is 4. The van der Waals surface area contributed by atoms with Gasteiger partial charge in [0, 0.05) is 33.5 Å². The minimum atomic E-state index is -0.255. The average Bonchev–Trinajstić information content (AvgIpc) is 3.25. The molecule has 0 aliphatic rings. The van der Waals surface area contributed by atoms with Crippen molar-refractivity contribution >= 4 is 13.2 Å². The zero-order valence-corrected chi connectivity index (χ0v) is 40.7. The van der Waals surface area contributed by atoms with Gasteiger partial charge in [0.2, 0.25) is 6.41 Å². The first-order valence-electron chi connectivity index (χ1n) is 24.0. The molecule has 0 aromatic carbocycles. The molecular formula is C48H104N2O10. The normalized spacial score (nSPS) is 11.3. The minimum absolute atomic E-state index is 0.0502. The van der Waals surface area contributed by atoms with Crippen molar-refractivity contribution in [3.63, 3.8) is 0 Å². The Morgan fingerprint density at radius 3 is 1.27 bits per heavy atom. The van der Waals surface area contributed by atoms with Crippen molar-refractivity contribution in [2.24, 2.45) is 17.4 Å². The van der Waals surface area contributed by atoms with Gasteiger partial charge in [-0.1, -0.05) is 169 Å². The lowest BCUT2D eigenvalue weighted by atomic mass is 10.1. The molecule has 0 rings (SSSR count). The molecule has 1 atom stereocenters. The summed E-state index contributed by atoms with van der Waals surface area (Å²) in [6.45, 7) is 21.6. The standard InChI is InChI=1S/C31H65NO2.C14H30O5.CH3NO.CH4O.CH2O/c1-3-5-7-9-11-13-15-17-19-21-23-25-27-33-30-31(29-32)34-28-26-24-22-20-18-16-14-12-10-8-6-4-2;1-13(2)11-19-14(3,4)12-18-10-9-17-8-7-16-6-5-15;2-1-3;2*1-2/h31H,3-30,32H2,1-2H3;13,15H,5-12H2,1-4H3;1H,(H2,2,3);2H,1H3;1H2. The van der Waals surface area contributed by atoms with Gasteiger partial charge in [-0.25, -0.2) is 0 Å². The molecule has 12 nitrogen and oxygen atoms in total. The maximum Gasteiger partial charge on any atom is 0.204 e. The first kappa shape index (κ1) is 67.8. The highest BCUT2D eigenvalue weighted by molar-refractivity contribution is 5.42. The van der Waals surface area contributed by atoms with Gasteiger partial charge >= 0.3 is 0 Å². The average molecular weight is 869 g/mol. The van der Waals surface area contributed by atoms with Gasteiger partial charge in [-0.05, 0) is 32.6 Å². The Bertz CT molecular complexity index is 723. The summed E-state index contributed by atoms with van der Waals surface area (Å²) in [5.74, 6) is 0.529. The molecule has 60 heavy (non-hydrogen) atoms. The molecule has 12 heteroatoms. The molecule has 1 amide bonds. The molecular weight excluding hydrogens is 765 g/mol. The second kappa shape index (κ2) is 64.4. The van der Waals surface area contributed by atoms with Crippen LogP contribution in [0.2, 0.25) is 0 Å². The van der Waals surface area contributed by atoms with Crippen molar-refractivity contribution < 1.29 is 48.2 Å². The monoisotopic (exact) mass is 869 g/mol. The maximum absolute atomic E-state index is 8.58. The highest BCUT2D eigenvalue weighted by atomic mass is 16.6. The predicted molar refractivity (Wildman–Crippen MR) is 252 cm³/mol. The summed E-state index contributed by atoms with van der Waals surface area (Å²) in [6.07, 6.45) is 33.4. The van der Waals surface area contributed by atoms with E-state index in [0.29, 0.717) is 58.7 Å². The van der Waals surface area contributed by atoms with E-state index in [1.54, 1.807) is 0 Å². The predicted octanol–water partition coefficient (Wildman–Crippen LogP) is 9.75. The number of rotatable bonds is 43. The Morgan fingerprint density at radius 1 is 0.550 bits per heavy atom. The van der Waals surface area contributed by atoms with E-state index in [-0.39, 0.29) is 24.7 Å². The fourth-order valence-corrected chi connectivity index (χ4v) is 5.89. The van der Waals surface area contributed by atoms with Crippen LogP contribution in [0.5, 0.6) is 0 Å². The van der Waals surface area contributed by atoms with Crippen molar-refractivity contribution in [1.29, 1.82) is 0 Å². The van der Waals surface area contributed by atoms with Gasteiger partial charge in [-0.2, -0.15) is 0 Å². The van der Waals surface area contributed by atoms with Crippen molar-refractivity contribution in [2.75, 3.05) is 86.3 Å². The van der Waals surface area contributed by atoms with E-state index in [2.05, 4.69) is 33.4 Å². The van der Waals surface area contributed by atoms with Crippen LogP contribution in [-0.2, 0) is 38.0 Å². The third kappa shape index (κ3) is 71.3. The lowest BCUT2D eigenvalue weighted by Gasteiger charge is -2.26. The molecule has 366 valence electrons. The second-order valence-corrected chi connectivity index (χ2v) is 16.2. The number of carbonyl (C=O) groups is 2. The molecule has 6 N–H and O–H groups in total. The first-order valence-corrected chi connectivity index (χ1v) is 24.0. The van der Waals surface area contributed by atoms with Crippen LogP contribution in [0.4, 0.5) is 0 Å². The third-order valence-corrected chi connectivity index (χ3v) is 9.30. The highest BCUT2D eigenvalue weighted by Gasteiger charge is 2.19. The number of aliphatic hydroxyl groups excluding tert-OH is 2. The SMILES string of the molecule is C=O.CC(C)COC(C)(C)COCCOCCOCCO.CCCCCCCCCCCCCCOCC(CN)OCCCCCCCCCCCCCC.CO.NC=O. The topological polar surface area (TPSA) is 182 Å². The van der Waals surface area contributed by atoms with Gasteiger partial charge < -0.3 is 54.9 Å². The van der Waals surface area contributed by atoms with E-state index in [4.69, 9.17) is 54.0 Å². The molecule has 0 radical (unpaired) electrons. The molecule has 0 heterocycles. The largest absolute Gasteiger partial charge is 0.400 e. The zero-order chi connectivity index (χ0) is 46.1. The molecule has 0 saturated heterocycles. The van der Waals surface area contributed by atoms with E-state index in [9.17, 15) is 0 Å². The molecule has 0 aliphatic carbocycles. The summed E-state index contributed by atoms with van der Waals surface area (Å²) in [6, 6.07) is 0. The van der Waals surface area contributed by atoms with Gasteiger partial charge in [0.25, 0.3) is 0 Å². The van der Waals surface area contributed by atoms with Gasteiger partial charge in [-0.3, -0.25) is 4.79 Å². The number of nitrogens with two attached hydrogens (primary N) is 2. The number of amides is 1. The first-order chi connectivity index (χ1) is 29.2. The van der Waals surface area contributed by atoms with Crippen molar-refractivity contribution in [1.82, 2.24) is 0 Å². The van der Waals surface area contributed by atoms with Crippen molar-refractivity contribution in [3.8, 4) is 0 Å². The number of primary amides is 1. The highest BCUT2D eigenvalue weighted by Crippen LogP contribution is 2.14. The van der Waals surface area contributed by atoms with Crippen LogP contribution in [0.3, 0.4) is 0 Å². The molecule has 0 spiro atoms. The van der Waals surface area contributed by atoms with Crippen LogP contribution in [0.15, 0.2) is 0 Å². The fraction of sp³-hybridized carbons (Fsp3) is 0.958. The number of hydrogen-bond acceptors (Lipinski definition) is 11. The van der Waals surface area contributed by atoms with Crippen LogP contribution >= 0.6 is 0 Å². The molecule has 0 saturated carbocycles. The lowest BCUT2D eigenvalue weighted by Crippen LogP contribution is -2.32. The van der Waals surface area contributed by atoms with Gasteiger partial charge in [0.15, 0.2) is 0 Å². The second-order valence-electron chi connectivity index (χ2n) is 16.2. The van der Waals surface area contributed by atoms with E-state index in [1.165, 1.54) is 148 Å². The zero-order valence-electron chi connectivity index (χ0n) is 40.7. The van der Waals surface area contributed by atoms with E-state index in [0.717, 1.165) is 33.4 Å². The smallest absolute Gasteiger partial charge is 0.204 e. The van der Waals surface area contributed by atoms with Crippen molar-refractivity contribution in [3.05, 3.63) is 0 Å². The summed E-state index contributed by atoms with van der Waals surface area (Å²) in [5, 5.41) is 15.5. The summed E-state index contributed by atoms with van der Waals surface area (Å²) < 4.78 is 33.4. The molecule has 0 aromatic heterocycles. The van der Waals surface area contributed by atoms with Crippen LogP contribution in [0.25, 0.3) is 0 Å². The Labute approximate surface area is 371 Å². The molecule has 0 bridgehead atoms. The van der Waals surface area contributed by atoms with E-state index < -0.39 is 0 Å². The Hall–Kier alpha value is -1.22. The number of aliphatic hydroxyl groups is 2. The Morgan fingerprint density at radius 2 is 0.900 bits per heavy atom. The minimum Gasteiger partial charge on any atom is -0.400 e. The van der Waals surface area contributed by atoms with Crippen LogP contribution < -0.4 is 11.5 Å². The van der Waals surface area contributed by atoms with Crippen molar-refractivity contribution in [2.45, 2.75) is 207 Å². The van der Waals surface area contributed by atoms with E-state index in [1.807, 2.05) is 20.6 Å². The summed E-state index contributed by atoms with van der Waals surface area (Å²) in [7, 11) is 1.00. The van der Waals surface area contributed by atoms with Gasteiger partial charge in [0.05, 0.1) is 64.6 Å². The van der Waals surface area contributed by atoms with Crippen LogP contribution in [0.1, 0.15) is 196 Å². The lowest BCUT2D eigenvalue weighted by molar-refractivity contribution is -0.107. The fourth-order valence-electron chi connectivity index (χ4n) is 5.89. The summed E-state index contributed by atoms with van der Waals surface area (Å²) >= 11 is 0. The van der Waals surface area contributed by atoms with Crippen LogP contribution in [0, 0.1) is 5.92 Å². The molecule has 0 fully saturated rings.